The van der Waals surface area contributed by atoms with Crippen molar-refractivity contribution in [1.29, 1.82) is 0 Å². The van der Waals surface area contributed by atoms with Crippen LogP contribution in [0.25, 0.3) is 0 Å². The molecule has 1 aliphatic heterocycles. The Hall–Kier alpha value is -0.340. The lowest BCUT2D eigenvalue weighted by Gasteiger charge is -2.32. The number of rotatable bonds is 1. The summed E-state index contributed by atoms with van der Waals surface area (Å²) in [6.45, 7) is 13.9. The van der Waals surface area contributed by atoms with Gasteiger partial charge in [-0.3, -0.25) is 4.90 Å². The van der Waals surface area contributed by atoms with Gasteiger partial charge in [-0.25, -0.2) is 0 Å². The second kappa shape index (κ2) is 4.15. The molecule has 0 fully saturated rings. The highest BCUT2D eigenvalue weighted by Gasteiger charge is 2.26. The van der Waals surface area contributed by atoms with Crippen LogP contribution in [0.2, 0.25) is 0 Å². The van der Waals surface area contributed by atoms with Crippen LogP contribution in [-0.2, 0) is 18.4 Å². The molecule has 0 amide bonds. The first kappa shape index (κ1) is 12.1. The summed E-state index contributed by atoms with van der Waals surface area (Å²) in [5.74, 6) is 0. The van der Waals surface area contributed by atoms with Crippen LogP contribution >= 0.6 is 11.3 Å². The molecule has 1 aliphatic rings. The van der Waals surface area contributed by atoms with Gasteiger partial charge in [0.15, 0.2) is 0 Å². The van der Waals surface area contributed by atoms with Gasteiger partial charge in [0.2, 0.25) is 0 Å². The molecule has 0 atom stereocenters. The Morgan fingerprint density at radius 3 is 2.56 bits per heavy atom. The predicted molar refractivity (Wildman–Crippen MR) is 72.3 cm³/mol. The highest BCUT2D eigenvalue weighted by molar-refractivity contribution is 7.10. The molecule has 0 saturated carbocycles. The molecule has 1 aromatic rings. The second-order valence-electron chi connectivity index (χ2n) is 6.12. The molecule has 2 heterocycles. The molecule has 2 rings (SSSR count). The van der Waals surface area contributed by atoms with Crippen molar-refractivity contribution in [3.05, 3.63) is 21.4 Å². The Morgan fingerprint density at radius 2 is 2.00 bits per heavy atom. The molecule has 0 aromatic carbocycles. The van der Waals surface area contributed by atoms with Crippen molar-refractivity contribution >= 4 is 11.3 Å². The van der Waals surface area contributed by atoms with E-state index < -0.39 is 0 Å². The summed E-state index contributed by atoms with van der Waals surface area (Å²) in [5, 5.41) is 2.38. The number of thiophene rings is 1. The third-order valence-electron chi connectivity index (χ3n) is 3.51. The zero-order valence-corrected chi connectivity index (χ0v) is 11.9. The van der Waals surface area contributed by atoms with Crippen LogP contribution in [0.15, 0.2) is 5.38 Å². The molecule has 0 saturated heterocycles. The lowest BCUT2D eigenvalue weighted by Crippen LogP contribution is -2.35. The number of fused-ring (bicyclic) bond motifs is 1. The molecular weight excluding hydrogens is 214 g/mol. The lowest BCUT2D eigenvalue weighted by molar-refractivity contribution is 0.205. The van der Waals surface area contributed by atoms with Crippen molar-refractivity contribution in [3.8, 4) is 0 Å². The molecule has 0 unspecified atom stereocenters. The molecule has 16 heavy (non-hydrogen) atoms. The summed E-state index contributed by atoms with van der Waals surface area (Å²) in [6, 6.07) is 0.674. The van der Waals surface area contributed by atoms with Crippen LogP contribution < -0.4 is 0 Å². The molecule has 1 aromatic heterocycles. The minimum Gasteiger partial charge on any atom is -0.296 e. The van der Waals surface area contributed by atoms with Crippen molar-refractivity contribution in [2.24, 2.45) is 0 Å². The number of hydrogen-bond donors (Lipinski definition) is 0. The maximum atomic E-state index is 2.57. The maximum absolute atomic E-state index is 2.57. The van der Waals surface area contributed by atoms with Crippen LogP contribution in [0, 0.1) is 0 Å². The van der Waals surface area contributed by atoms with Crippen LogP contribution in [0.1, 0.15) is 50.6 Å². The largest absolute Gasteiger partial charge is 0.296 e. The van der Waals surface area contributed by atoms with E-state index in [0.717, 1.165) is 6.54 Å². The fourth-order valence-corrected chi connectivity index (χ4v) is 3.77. The number of nitrogens with zero attached hydrogens (tertiary/aromatic N) is 1. The van der Waals surface area contributed by atoms with E-state index in [2.05, 4.69) is 44.9 Å². The Balaban J connectivity index is 2.27. The molecule has 0 spiro atoms. The highest BCUT2D eigenvalue weighted by atomic mass is 32.1. The van der Waals surface area contributed by atoms with Crippen LogP contribution in [0.4, 0.5) is 0 Å². The first-order chi connectivity index (χ1) is 7.39. The Kier molecular flexibility index (Phi) is 3.15. The average Bonchev–Trinajstić information content (AvgIpc) is 2.58. The molecule has 0 radical (unpaired) electrons. The summed E-state index contributed by atoms with van der Waals surface area (Å²) in [7, 11) is 0. The smallest absolute Gasteiger partial charge is 0.0333 e. The lowest BCUT2D eigenvalue weighted by atomic mass is 9.84. The third kappa shape index (κ3) is 2.18. The van der Waals surface area contributed by atoms with Crippen molar-refractivity contribution in [2.45, 2.75) is 59.0 Å². The van der Waals surface area contributed by atoms with E-state index in [1.807, 2.05) is 11.3 Å². The Bertz CT molecular complexity index is 371. The Morgan fingerprint density at radius 1 is 1.31 bits per heavy atom. The van der Waals surface area contributed by atoms with Gasteiger partial charge >= 0.3 is 0 Å². The molecular formula is C14H23NS. The normalized spacial score (nSPS) is 17.9. The van der Waals surface area contributed by atoms with Gasteiger partial charge < -0.3 is 0 Å². The van der Waals surface area contributed by atoms with E-state index in [9.17, 15) is 0 Å². The molecule has 2 heteroatoms. The SMILES string of the molecule is CC(C)N1CCc2c(C(C)(C)C)csc2C1. The zero-order valence-electron chi connectivity index (χ0n) is 11.1. The second-order valence-corrected chi connectivity index (χ2v) is 7.08. The molecule has 90 valence electrons. The van der Waals surface area contributed by atoms with Gasteiger partial charge in [-0.1, -0.05) is 20.8 Å². The molecule has 0 bridgehead atoms. The van der Waals surface area contributed by atoms with Crippen molar-refractivity contribution < 1.29 is 0 Å². The highest BCUT2D eigenvalue weighted by Crippen LogP contribution is 2.36. The first-order valence-corrected chi connectivity index (χ1v) is 7.11. The standard InChI is InChI=1S/C14H23NS/c1-10(2)15-7-6-11-12(14(3,4)5)9-16-13(11)8-15/h9-10H,6-8H2,1-5H3. The van der Waals surface area contributed by atoms with E-state index in [0.29, 0.717) is 11.5 Å². The summed E-state index contributed by atoms with van der Waals surface area (Å²) in [4.78, 5) is 4.18. The summed E-state index contributed by atoms with van der Waals surface area (Å²) < 4.78 is 0. The summed E-state index contributed by atoms with van der Waals surface area (Å²) >= 11 is 1.96. The van der Waals surface area contributed by atoms with E-state index in [-0.39, 0.29) is 0 Å². The third-order valence-corrected chi connectivity index (χ3v) is 4.53. The van der Waals surface area contributed by atoms with Crippen molar-refractivity contribution in [2.75, 3.05) is 6.54 Å². The van der Waals surface area contributed by atoms with E-state index >= 15 is 0 Å². The predicted octanol–water partition coefficient (Wildman–Crippen LogP) is 3.81. The van der Waals surface area contributed by atoms with Gasteiger partial charge in [0.05, 0.1) is 0 Å². The monoisotopic (exact) mass is 237 g/mol. The fraction of sp³-hybridized carbons (Fsp3) is 0.714. The summed E-state index contributed by atoms with van der Waals surface area (Å²) in [6.07, 6.45) is 1.24. The van der Waals surface area contributed by atoms with Crippen LogP contribution in [0.3, 0.4) is 0 Å². The summed E-state index contributed by atoms with van der Waals surface area (Å²) in [5.41, 5.74) is 3.54. The van der Waals surface area contributed by atoms with E-state index in [1.54, 1.807) is 16.0 Å². The van der Waals surface area contributed by atoms with Gasteiger partial charge in [0, 0.05) is 24.0 Å². The Labute approximate surface area is 103 Å². The molecule has 0 aliphatic carbocycles. The molecule has 1 nitrogen and oxygen atoms in total. The maximum Gasteiger partial charge on any atom is 0.0333 e. The fourth-order valence-electron chi connectivity index (χ4n) is 2.42. The van der Waals surface area contributed by atoms with Crippen LogP contribution in [0.5, 0.6) is 0 Å². The van der Waals surface area contributed by atoms with Gasteiger partial charge in [-0.15, -0.1) is 11.3 Å². The minimum absolute atomic E-state index is 0.310. The van der Waals surface area contributed by atoms with E-state index in [1.165, 1.54) is 13.0 Å². The quantitative estimate of drug-likeness (QED) is 0.718. The first-order valence-electron chi connectivity index (χ1n) is 6.23. The van der Waals surface area contributed by atoms with Gasteiger partial charge in [0.1, 0.15) is 0 Å². The zero-order chi connectivity index (χ0) is 11.9. The minimum atomic E-state index is 0.310. The van der Waals surface area contributed by atoms with Crippen molar-refractivity contribution in [1.82, 2.24) is 4.90 Å². The van der Waals surface area contributed by atoms with Crippen molar-refractivity contribution in [3.63, 3.8) is 0 Å². The topological polar surface area (TPSA) is 3.24 Å². The van der Waals surface area contributed by atoms with Gasteiger partial charge in [0.25, 0.3) is 0 Å². The molecule has 0 N–H and O–H groups in total. The van der Waals surface area contributed by atoms with Gasteiger partial charge in [-0.2, -0.15) is 0 Å². The van der Waals surface area contributed by atoms with E-state index in [4.69, 9.17) is 0 Å². The van der Waals surface area contributed by atoms with Gasteiger partial charge in [-0.05, 0) is 42.2 Å². The average molecular weight is 237 g/mol. The number of hydrogen-bond acceptors (Lipinski definition) is 2. The van der Waals surface area contributed by atoms with Crippen LogP contribution in [-0.4, -0.2) is 17.5 Å².